The van der Waals surface area contributed by atoms with E-state index in [1.54, 1.807) is 0 Å². The minimum atomic E-state index is 0.205. The molecule has 0 aromatic heterocycles. The quantitative estimate of drug-likeness (QED) is 0.454. The maximum atomic E-state index is 10.1. The topological polar surface area (TPSA) is 92.5 Å². The molecule has 0 amide bonds. The summed E-state index contributed by atoms with van der Waals surface area (Å²) in [6.45, 7) is 7.81. The normalized spacial score (nSPS) is 20.3. The zero-order valence-electron chi connectivity index (χ0n) is 16.2. The van der Waals surface area contributed by atoms with Crippen molar-refractivity contribution in [1.29, 1.82) is 0 Å². The Morgan fingerprint density at radius 3 is 1.54 bits per heavy atom. The van der Waals surface area contributed by atoms with E-state index >= 15 is 0 Å². The average molecular weight is 354 g/mol. The summed E-state index contributed by atoms with van der Waals surface area (Å²) < 4.78 is 0. The van der Waals surface area contributed by atoms with Crippen LogP contribution >= 0.6 is 0 Å². The second-order valence-electron chi connectivity index (χ2n) is 7.90. The van der Waals surface area contributed by atoms with Crippen LogP contribution in [-0.2, 0) is 0 Å². The summed E-state index contributed by atoms with van der Waals surface area (Å²) in [6.07, 6.45) is 4.45. The fourth-order valence-electron chi connectivity index (χ4n) is 4.51. The molecule has 4 nitrogen and oxygen atoms in total. The van der Waals surface area contributed by atoms with Crippen molar-refractivity contribution in [2.45, 2.75) is 65.2 Å². The highest BCUT2D eigenvalue weighted by molar-refractivity contribution is 5.65. The molecule has 0 bridgehead atoms. The molecule has 1 fully saturated rings. The molecule has 3 rings (SSSR count). The highest BCUT2D eigenvalue weighted by atomic mass is 16.3. The number of phenols is 2. The fourth-order valence-corrected chi connectivity index (χ4v) is 4.51. The van der Waals surface area contributed by atoms with Gasteiger partial charge in [0, 0.05) is 0 Å². The molecule has 26 heavy (non-hydrogen) atoms. The van der Waals surface area contributed by atoms with Crippen LogP contribution in [-0.4, -0.2) is 10.2 Å². The zero-order valence-corrected chi connectivity index (χ0v) is 16.2. The molecule has 2 aromatic rings. The van der Waals surface area contributed by atoms with Crippen LogP contribution in [0.3, 0.4) is 0 Å². The number of aromatic hydroxyl groups is 2. The highest BCUT2D eigenvalue weighted by Crippen LogP contribution is 2.46. The molecule has 1 saturated carbocycles. The number of benzene rings is 2. The molecule has 0 heterocycles. The molecule has 140 valence electrons. The van der Waals surface area contributed by atoms with Crippen LogP contribution in [0.15, 0.2) is 12.1 Å². The molecule has 1 aliphatic carbocycles. The molecular formula is C22H30N2O2. The van der Waals surface area contributed by atoms with E-state index in [-0.39, 0.29) is 11.5 Å². The Morgan fingerprint density at radius 2 is 1.15 bits per heavy atom. The molecule has 1 aliphatic rings. The van der Waals surface area contributed by atoms with Gasteiger partial charge in [-0.25, -0.2) is 0 Å². The summed E-state index contributed by atoms with van der Waals surface area (Å²) in [7, 11) is 0. The van der Waals surface area contributed by atoms with Crippen LogP contribution in [0.4, 0.5) is 11.4 Å². The molecule has 0 spiro atoms. The van der Waals surface area contributed by atoms with Crippen LogP contribution in [0.5, 0.6) is 11.5 Å². The Kier molecular flexibility index (Phi) is 4.78. The first-order valence-electron chi connectivity index (χ1n) is 9.39. The van der Waals surface area contributed by atoms with Crippen molar-refractivity contribution in [2.24, 2.45) is 0 Å². The van der Waals surface area contributed by atoms with Gasteiger partial charge in [0.25, 0.3) is 0 Å². The van der Waals surface area contributed by atoms with Crippen LogP contribution in [0.2, 0.25) is 0 Å². The number of aryl methyl sites for hydroxylation is 2. The highest BCUT2D eigenvalue weighted by Gasteiger charge is 2.28. The predicted octanol–water partition coefficient (Wildman–Crippen LogP) is 4.94. The standard InChI is InChI=1S/C22H30N2O2/c1-11-8-17(13(3)19(23)21(11)25)15-6-5-7-16(10-15)18-9-12(2)22(26)20(24)14(18)4/h8-9,15-16,25-26H,5-7,10,23-24H2,1-4H3. The van der Waals surface area contributed by atoms with E-state index in [4.69, 9.17) is 11.5 Å². The summed E-state index contributed by atoms with van der Waals surface area (Å²) in [6, 6.07) is 4.19. The lowest BCUT2D eigenvalue weighted by Crippen LogP contribution is -2.16. The summed E-state index contributed by atoms with van der Waals surface area (Å²) >= 11 is 0. The first kappa shape index (κ1) is 18.4. The van der Waals surface area contributed by atoms with Gasteiger partial charge in [0.1, 0.15) is 11.5 Å². The number of hydrogen-bond acceptors (Lipinski definition) is 4. The smallest absolute Gasteiger partial charge is 0.141 e. The second kappa shape index (κ2) is 6.75. The molecule has 0 radical (unpaired) electrons. The Bertz CT molecular complexity index is 789. The van der Waals surface area contributed by atoms with Gasteiger partial charge in [0.15, 0.2) is 0 Å². The summed E-state index contributed by atoms with van der Waals surface area (Å²) in [5, 5.41) is 20.2. The summed E-state index contributed by atoms with van der Waals surface area (Å²) in [5.74, 6) is 1.25. The number of anilines is 2. The van der Waals surface area contributed by atoms with E-state index in [0.717, 1.165) is 47.9 Å². The van der Waals surface area contributed by atoms with Gasteiger partial charge >= 0.3 is 0 Å². The van der Waals surface area contributed by atoms with Gasteiger partial charge in [0.05, 0.1) is 11.4 Å². The Hall–Kier alpha value is -2.36. The Morgan fingerprint density at radius 1 is 0.769 bits per heavy atom. The molecule has 2 atom stereocenters. The number of phenolic OH excluding ortho intramolecular Hbond substituents is 2. The van der Waals surface area contributed by atoms with Crippen molar-refractivity contribution in [3.8, 4) is 11.5 Å². The SMILES string of the molecule is Cc1cc(C2CCCC(c3cc(C)c(O)c(N)c3C)C2)c(C)c(N)c1O. The monoisotopic (exact) mass is 354 g/mol. The number of nitrogen functional groups attached to an aromatic ring is 2. The first-order valence-corrected chi connectivity index (χ1v) is 9.39. The summed E-state index contributed by atoms with van der Waals surface area (Å²) in [4.78, 5) is 0. The fraction of sp³-hybridized carbons (Fsp3) is 0.455. The number of hydrogen-bond donors (Lipinski definition) is 4. The van der Waals surface area contributed by atoms with Gasteiger partial charge in [0.2, 0.25) is 0 Å². The van der Waals surface area contributed by atoms with Gasteiger partial charge in [-0.05, 0) is 92.2 Å². The van der Waals surface area contributed by atoms with Gasteiger partial charge in [-0.1, -0.05) is 18.6 Å². The Labute approximate surface area is 155 Å². The van der Waals surface area contributed by atoms with Gasteiger partial charge in [-0.2, -0.15) is 0 Å². The van der Waals surface area contributed by atoms with Crippen LogP contribution < -0.4 is 11.5 Å². The molecular weight excluding hydrogens is 324 g/mol. The number of nitrogens with two attached hydrogens (primary N) is 2. The van der Waals surface area contributed by atoms with Crippen molar-refractivity contribution >= 4 is 11.4 Å². The van der Waals surface area contributed by atoms with Crippen molar-refractivity contribution < 1.29 is 10.2 Å². The third-order valence-electron chi connectivity index (χ3n) is 6.23. The number of rotatable bonds is 2. The van der Waals surface area contributed by atoms with Crippen molar-refractivity contribution in [3.63, 3.8) is 0 Å². The van der Waals surface area contributed by atoms with E-state index in [9.17, 15) is 10.2 Å². The van der Waals surface area contributed by atoms with Crippen LogP contribution in [0.25, 0.3) is 0 Å². The molecule has 0 saturated heterocycles. The van der Waals surface area contributed by atoms with E-state index in [2.05, 4.69) is 12.1 Å². The third-order valence-corrected chi connectivity index (χ3v) is 6.23. The van der Waals surface area contributed by atoms with E-state index in [1.165, 1.54) is 11.1 Å². The van der Waals surface area contributed by atoms with Crippen LogP contribution in [0.1, 0.15) is 70.9 Å². The van der Waals surface area contributed by atoms with Gasteiger partial charge in [-0.3, -0.25) is 0 Å². The first-order chi connectivity index (χ1) is 12.2. The minimum Gasteiger partial charge on any atom is -0.506 e. The van der Waals surface area contributed by atoms with Crippen LogP contribution in [0, 0.1) is 27.7 Å². The predicted molar refractivity (Wildman–Crippen MR) is 108 cm³/mol. The van der Waals surface area contributed by atoms with Gasteiger partial charge in [-0.15, -0.1) is 0 Å². The van der Waals surface area contributed by atoms with Crippen molar-refractivity contribution in [1.82, 2.24) is 0 Å². The molecule has 6 N–H and O–H groups in total. The largest absolute Gasteiger partial charge is 0.506 e. The van der Waals surface area contributed by atoms with Crippen molar-refractivity contribution in [3.05, 3.63) is 45.5 Å². The average Bonchev–Trinajstić information content (AvgIpc) is 2.64. The maximum Gasteiger partial charge on any atom is 0.141 e. The maximum absolute atomic E-state index is 10.1. The lowest BCUT2D eigenvalue weighted by atomic mass is 9.73. The third kappa shape index (κ3) is 2.98. The summed E-state index contributed by atoms with van der Waals surface area (Å²) in [5.41, 5.74) is 19.4. The van der Waals surface area contributed by atoms with E-state index in [0.29, 0.717) is 23.2 Å². The van der Waals surface area contributed by atoms with Gasteiger partial charge < -0.3 is 21.7 Å². The van der Waals surface area contributed by atoms with Crippen molar-refractivity contribution in [2.75, 3.05) is 11.5 Å². The van der Waals surface area contributed by atoms with E-state index in [1.807, 2.05) is 27.7 Å². The second-order valence-corrected chi connectivity index (χ2v) is 7.90. The minimum absolute atomic E-state index is 0.205. The van der Waals surface area contributed by atoms with E-state index < -0.39 is 0 Å². The molecule has 4 heteroatoms. The molecule has 2 unspecified atom stereocenters. The lowest BCUT2D eigenvalue weighted by Gasteiger charge is -2.32. The molecule has 2 aromatic carbocycles. The Balaban J connectivity index is 1.97. The lowest BCUT2D eigenvalue weighted by molar-refractivity contribution is 0.391. The molecule has 0 aliphatic heterocycles. The zero-order chi connectivity index (χ0) is 19.2.